The molecule has 0 saturated carbocycles. The summed E-state index contributed by atoms with van der Waals surface area (Å²) in [7, 11) is 1.59. The third-order valence-corrected chi connectivity index (χ3v) is 2.68. The summed E-state index contributed by atoms with van der Waals surface area (Å²) < 4.78 is 5.05. The predicted molar refractivity (Wildman–Crippen MR) is 76.5 cm³/mol. The molecule has 0 unspecified atom stereocenters. The molecule has 5 nitrogen and oxygen atoms in total. The molecule has 0 atom stereocenters. The Balaban J connectivity index is 2.31. The van der Waals surface area contributed by atoms with Crippen LogP contribution in [0.3, 0.4) is 0 Å². The molecule has 0 spiro atoms. The van der Waals surface area contributed by atoms with Crippen LogP contribution in [0.1, 0.15) is 11.1 Å². The maximum atomic E-state index is 10.7. The molecule has 0 bridgehead atoms. The number of hydrogen-bond acceptors (Lipinski definition) is 4. The molecule has 2 aromatic rings. The van der Waals surface area contributed by atoms with E-state index in [2.05, 4.69) is 11.8 Å². The van der Waals surface area contributed by atoms with Crippen molar-refractivity contribution < 1.29 is 9.66 Å². The summed E-state index contributed by atoms with van der Waals surface area (Å²) in [6.07, 6.45) is 0. The summed E-state index contributed by atoms with van der Waals surface area (Å²) in [5.41, 5.74) is 7.35. The van der Waals surface area contributed by atoms with E-state index in [1.54, 1.807) is 31.4 Å². The Kier molecular flexibility index (Phi) is 3.87. The zero-order valence-electron chi connectivity index (χ0n) is 10.8. The fourth-order valence-electron chi connectivity index (χ4n) is 1.58. The van der Waals surface area contributed by atoms with Gasteiger partial charge in [0.1, 0.15) is 5.75 Å². The molecular weight excluding hydrogens is 256 g/mol. The normalized spacial score (nSPS) is 9.45. The molecule has 2 N–H and O–H groups in total. The highest BCUT2D eigenvalue weighted by Crippen LogP contribution is 2.19. The fourth-order valence-corrected chi connectivity index (χ4v) is 1.58. The lowest BCUT2D eigenvalue weighted by Crippen LogP contribution is -1.93. The Morgan fingerprint density at radius 3 is 2.45 bits per heavy atom. The van der Waals surface area contributed by atoms with Crippen molar-refractivity contribution in [3.63, 3.8) is 0 Å². The molecule has 0 saturated heterocycles. The average molecular weight is 268 g/mol. The zero-order chi connectivity index (χ0) is 14.5. The molecule has 0 heterocycles. The summed E-state index contributed by atoms with van der Waals surface area (Å²) in [6, 6.07) is 11.4. The minimum absolute atomic E-state index is 0.0294. The third-order valence-electron chi connectivity index (χ3n) is 2.68. The molecule has 0 aromatic heterocycles. The lowest BCUT2D eigenvalue weighted by molar-refractivity contribution is -0.384. The number of methoxy groups -OCH3 is 1. The molecule has 0 aliphatic carbocycles. The molecule has 2 aromatic carbocycles. The van der Waals surface area contributed by atoms with Crippen molar-refractivity contribution in [3.05, 3.63) is 63.7 Å². The van der Waals surface area contributed by atoms with Gasteiger partial charge in [-0.3, -0.25) is 10.1 Å². The number of anilines is 1. The van der Waals surface area contributed by atoms with Crippen LogP contribution in [0.15, 0.2) is 42.5 Å². The fraction of sp³-hybridized carbons (Fsp3) is 0.0667. The van der Waals surface area contributed by atoms with Gasteiger partial charge in [0, 0.05) is 23.4 Å². The topological polar surface area (TPSA) is 78.4 Å². The second-order valence-corrected chi connectivity index (χ2v) is 4.01. The molecule has 2 rings (SSSR count). The van der Waals surface area contributed by atoms with Crippen molar-refractivity contribution in [2.45, 2.75) is 0 Å². The Hall–Kier alpha value is -3.00. The van der Waals surface area contributed by atoms with Crippen LogP contribution >= 0.6 is 0 Å². The molecule has 5 heteroatoms. The van der Waals surface area contributed by atoms with Crippen LogP contribution < -0.4 is 10.5 Å². The van der Waals surface area contributed by atoms with Gasteiger partial charge < -0.3 is 10.5 Å². The van der Waals surface area contributed by atoms with E-state index in [0.717, 1.165) is 11.3 Å². The monoisotopic (exact) mass is 268 g/mol. The summed E-state index contributed by atoms with van der Waals surface area (Å²) in [6.45, 7) is 0. The zero-order valence-corrected chi connectivity index (χ0v) is 10.8. The number of nitrogen functional groups attached to an aromatic ring is 1. The maximum Gasteiger partial charge on any atom is 0.270 e. The number of nitro groups is 1. The van der Waals surface area contributed by atoms with Crippen LogP contribution in [-0.4, -0.2) is 12.0 Å². The molecule has 0 aliphatic heterocycles. The summed E-state index contributed by atoms with van der Waals surface area (Å²) in [4.78, 5) is 10.2. The Labute approximate surface area is 116 Å². The Morgan fingerprint density at radius 2 is 1.85 bits per heavy atom. The number of benzene rings is 2. The first-order valence-corrected chi connectivity index (χ1v) is 5.80. The van der Waals surface area contributed by atoms with Gasteiger partial charge in [-0.1, -0.05) is 11.8 Å². The van der Waals surface area contributed by atoms with Gasteiger partial charge in [0.2, 0.25) is 0 Å². The van der Waals surface area contributed by atoms with Crippen molar-refractivity contribution in [2.24, 2.45) is 0 Å². The van der Waals surface area contributed by atoms with E-state index in [0.29, 0.717) is 11.3 Å². The largest absolute Gasteiger partial charge is 0.497 e. The van der Waals surface area contributed by atoms with Gasteiger partial charge in [0.25, 0.3) is 5.69 Å². The number of nitro benzene ring substituents is 1. The van der Waals surface area contributed by atoms with Gasteiger partial charge in [0.05, 0.1) is 17.6 Å². The number of nitrogens with zero attached hydrogens (tertiary/aromatic N) is 1. The highest BCUT2D eigenvalue weighted by Gasteiger charge is 2.07. The van der Waals surface area contributed by atoms with E-state index in [-0.39, 0.29) is 5.69 Å². The second kappa shape index (κ2) is 5.76. The van der Waals surface area contributed by atoms with Gasteiger partial charge in [-0.15, -0.1) is 0 Å². The van der Waals surface area contributed by atoms with Crippen molar-refractivity contribution in [1.82, 2.24) is 0 Å². The first-order valence-electron chi connectivity index (χ1n) is 5.80. The van der Waals surface area contributed by atoms with Crippen LogP contribution in [-0.2, 0) is 0 Å². The smallest absolute Gasteiger partial charge is 0.270 e. The number of hydrogen-bond donors (Lipinski definition) is 1. The molecule has 0 fully saturated rings. The number of ether oxygens (including phenoxy) is 1. The lowest BCUT2D eigenvalue weighted by atomic mass is 10.1. The first kappa shape index (κ1) is 13.4. The van der Waals surface area contributed by atoms with Crippen LogP contribution in [0.2, 0.25) is 0 Å². The SMILES string of the molecule is COc1ccc(C#Cc2cc([N+](=O)[O-])ccc2N)cc1. The molecule has 20 heavy (non-hydrogen) atoms. The molecular formula is C15H12N2O3. The van der Waals surface area contributed by atoms with Crippen LogP contribution in [0.25, 0.3) is 0 Å². The van der Waals surface area contributed by atoms with E-state index in [4.69, 9.17) is 10.5 Å². The summed E-state index contributed by atoms with van der Waals surface area (Å²) in [5, 5.41) is 10.7. The quantitative estimate of drug-likeness (QED) is 0.393. The second-order valence-electron chi connectivity index (χ2n) is 4.01. The van der Waals surface area contributed by atoms with E-state index in [1.165, 1.54) is 18.2 Å². The van der Waals surface area contributed by atoms with Crippen molar-refractivity contribution in [3.8, 4) is 17.6 Å². The van der Waals surface area contributed by atoms with Gasteiger partial charge in [0.15, 0.2) is 0 Å². The summed E-state index contributed by atoms with van der Waals surface area (Å²) >= 11 is 0. The van der Waals surface area contributed by atoms with Crippen molar-refractivity contribution in [2.75, 3.05) is 12.8 Å². The maximum absolute atomic E-state index is 10.7. The van der Waals surface area contributed by atoms with Crippen LogP contribution in [0.4, 0.5) is 11.4 Å². The highest BCUT2D eigenvalue weighted by atomic mass is 16.6. The summed E-state index contributed by atoms with van der Waals surface area (Å²) in [5.74, 6) is 6.49. The predicted octanol–water partition coefficient (Wildman–Crippen LogP) is 2.59. The van der Waals surface area contributed by atoms with Crippen LogP contribution in [0.5, 0.6) is 5.75 Å². The van der Waals surface area contributed by atoms with Gasteiger partial charge >= 0.3 is 0 Å². The minimum atomic E-state index is -0.474. The van der Waals surface area contributed by atoms with E-state index in [1.807, 2.05) is 0 Å². The lowest BCUT2D eigenvalue weighted by Gasteiger charge is -1.99. The first-order chi connectivity index (χ1) is 9.60. The van der Waals surface area contributed by atoms with E-state index >= 15 is 0 Å². The van der Waals surface area contributed by atoms with E-state index < -0.39 is 4.92 Å². The number of nitrogens with two attached hydrogens (primary N) is 1. The standard InChI is InChI=1S/C15H12N2O3/c1-20-14-7-3-11(4-8-14)2-5-12-10-13(17(18)19)6-9-15(12)16/h3-4,6-10H,16H2,1H3. The molecule has 0 aliphatic rings. The van der Waals surface area contributed by atoms with Gasteiger partial charge in [-0.2, -0.15) is 0 Å². The van der Waals surface area contributed by atoms with Crippen molar-refractivity contribution in [1.29, 1.82) is 0 Å². The molecule has 100 valence electrons. The average Bonchev–Trinajstić information content (AvgIpc) is 2.46. The highest BCUT2D eigenvalue weighted by molar-refractivity contribution is 5.61. The Morgan fingerprint density at radius 1 is 1.15 bits per heavy atom. The minimum Gasteiger partial charge on any atom is -0.497 e. The third kappa shape index (κ3) is 3.06. The number of rotatable bonds is 2. The van der Waals surface area contributed by atoms with Crippen LogP contribution in [0, 0.1) is 22.0 Å². The van der Waals surface area contributed by atoms with Gasteiger partial charge in [-0.05, 0) is 30.3 Å². The Bertz CT molecular complexity index is 697. The van der Waals surface area contributed by atoms with Crippen molar-refractivity contribution >= 4 is 11.4 Å². The van der Waals surface area contributed by atoms with Gasteiger partial charge in [-0.25, -0.2) is 0 Å². The number of non-ortho nitro benzene ring substituents is 1. The molecule has 0 radical (unpaired) electrons. The van der Waals surface area contributed by atoms with E-state index in [9.17, 15) is 10.1 Å². The molecule has 0 amide bonds.